The van der Waals surface area contributed by atoms with Gasteiger partial charge in [-0.3, -0.25) is 9.78 Å². The molecule has 3 aromatic carbocycles. The summed E-state index contributed by atoms with van der Waals surface area (Å²) in [5.74, 6) is 0.962. The van der Waals surface area contributed by atoms with E-state index in [2.05, 4.69) is 20.3 Å². The molecule has 0 unspecified atom stereocenters. The van der Waals surface area contributed by atoms with E-state index in [1.807, 2.05) is 60.7 Å². The number of carbonyl (C=O) groups excluding carboxylic acids is 1. The fourth-order valence-electron chi connectivity index (χ4n) is 3.68. The molecule has 0 fully saturated rings. The maximum atomic E-state index is 13.0. The first-order valence-corrected chi connectivity index (χ1v) is 11.4. The van der Waals surface area contributed by atoms with Crippen molar-refractivity contribution in [1.82, 2.24) is 15.0 Å². The monoisotopic (exact) mass is 473 g/mol. The molecular weight excluding hydrogens is 450 g/mol. The van der Waals surface area contributed by atoms with Crippen molar-refractivity contribution in [3.05, 3.63) is 126 Å². The highest BCUT2D eigenvalue weighted by atomic mass is 16.5. The Morgan fingerprint density at radius 2 is 1.78 bits per heavy atom. The Morgan fingerprint density at radius 3 is 2.61 bits per heavy atom. The third-order valence-electron chi connectivity index (χ3n) is 5.51. The van der Waals surface area contributed by atoms with Gasteiger partial charge in [0.2, 0.25) is 5.95 Å². The maximum Gasteiger partial charge on any atom is 0.227 e. The van der Waals surface area contributed by atoms with Gasteiger partial charge in [-0.1, -0.05) is 42.5 Å². The number of rotatable bonds is 8. The van der Waals surface area contributed by atoms with E-state index in [0.29, 0.717) is 35.1 Å². The number of benzene rings is 3. The van der Waals surface area contributed by atoms with E-state index in [4.69, 9.17) is 10.5 Å². The smallest absolute Gasteiger partial charge is 0.227 e. The third-order valence-corrected chi connectivity index (χ3v) is 5.51. The van der Waals surface area contributed by atoms with Gasteiger partial charge in [-0.25, -0.2) is 9.97 Å². The van der Waals surface area contributed by atoms with Gasteiger partial charge >= 0.3 is 0 Å². The summed E-state index contributed by atoms with van der Waals surface area (Å²) in [6.45, 7) is 0.480. The predicted molar refractivity (Wildman–Crippen MR) is 140 cm³/mol. The van der Waals surface area contributed by atoms with Gasteiger partial charge in [0, 0.05) is 52.7 Å². The topological polar surface area (TPSA) is 103 Å². The number of nitrogens with two attached hydrogens (primary N) is 1. The highest BCUT2D eigenvalue weighted by Gasteiger charge is 2.14. The number of carbonyl (C=O) groups is 1. The van der Waals surface area contributed by atoms with Crippen molar-refractivity contribution in [1.29, 1.82) is 0 Å². The molecule has 0 aliphatic carbocycles. The van der Waals surface area contributed by atoms with Gasteiger partial charge in [-0.05, 0) is 48.0 Å². The van der Waals surface area contributed by atoms with Crippen molar-refractivity contribution < 1.29 is 9.53 Å². The molecule has 3 N–H and O–H groups in total. The Kier molecular flexibility index (Phi) is 6.62. The summed E-state index contributed by atoms with van der Waals surface area (Å²) in [7, 11) is 0. The number of nitrogens with one attached hydrogen (secondary N) is 1. The van der Waals surface area contributed by atoms with Crippen LogP contribution in [0.4, 0.5) is 17.3 Å². The molecule has 0 bridgehead atoms. The molecule has 36 heavy (non-hydrogen) atoms. The van der Waals surface area contributed by atoms with Crippen LogP contribution in [0.3, 0.4) is 0 Å². The summed E-state index contributed by atoms with van der Waals surface area (Å²) in [6.07, 6.45) is 4.81. The minimum atomic E-state index is -0.192. The molecular formula is C29H23N5O2. The number of ketones is 1. The van der Waals surface area contributed by atoms with Crippen LogP contribution >= 0.6 is 0 Å². The van der Waals surface area contributed by atoms with E-state index in [1.165, 1.54) is 6.20 Å². The molecule has 0 amide bonds. The van der Waals surface area contributed by atoms with Crippen LogP contribution in [0.25, 0.3) is 11.3 Å². The Bertz CT molecular complexity index is 1490. The van der Waals surface area contributed by atoms with E-state index in [1.54, 1.807) is 42.7 Å². The fourth-order valence-corrected chi connectivity index (χ4v) is 3.68. The van der Waals surface area contributed by atoms with Crippen LogP contribution in [0.2, 0.25) is 0 Å². The second kappa shape index (κ2) is 10.5. The van der Waals surface area contributed by atoms with Crippen molar-refractivity contribution in [3.8, 4) is 17.0 Å². The largest absolute Gasteiger partial charge is 0.489 e. The van der Waals surface area contributed by atoms with E-state index in [9.17, 15) is 4.79 Å². The van der Waals surface area contributed by atoms with Crippen LogP contribution in [0, 0.1) is 0 Å². The number of ether oxygens (including phenoxy) is 1. The standard InChI is InChI=1S/C29H23N5O2/c30-26-12-11-21(16-25(26)28(35)22-8-5-14-31-18-22)27-13-15-32-29(34-27)33-23-9-4-10-24(17-23)36-19-20-6-2-1-3-7-20/h1-18H,19,30H2,(H,32,33,34). The zero-order valence-electron chi connectivity index (χ0n) is 19.3. The van der Waals surface area contributed by atoms with Crippen molar-refractivity contribution in [2.45, 2.75) is 6.61 Å². The molecule has 2 heterocycles. The Morgan fingerprint density at radius 1 is 0.889 bits per heavy atom. The number of anilines is 3. The first kappa shape index (κ1) is 22.7. The summed E-state index contributed by atoms with van der Waals surface area (Å²) >= 11 is 0. The minimum Gasteiger partial charge on any atom is -0.489 e. The lowest BCUT2D eigenvalue weighted by molar-refractivity contribution is 0.103. The average Bonchev–Trinajstić information content (AvgIpc) is 2.93. The lowest BCUT2D eigenvalue weighted by Gasteiger charge is -2.11. The maximum absolute atomic E-state index is 13.0. The molecule has 0 aliphatic rings. The van der Waals surface area contributed by atoms with Crippen LogP contribution in [-0.2, 0) is 6.61 Å². The normalized spacial score (nSPS) is 10.6. The van der Waals surface area contributed by atoms with Gasteiger partial charge in [0.05, 0.1) is 5.69 Å². The molecule has 7 heteroatoms. The molecule has 0 atom stereocenters. The van der Waals surface area contributed by atoms with Gasteiger partial charge in [0.15, 0.2) is 5.78 Å². The molecule has 5 rings (SSSR count). The number of hydrogen-bond acceptors (Lipinski definition) is 7. The van der Waals surface area contributed by atoms with Crippen LogP contribution in [0.5, 0.6) is 5.75 Å². The lowest BCUT2D eigenvalue weighted by atomic mass is 9.99. The summed E-state index contributed by atoms with van der Waals surface area (Å²) in [4.78, 5) is 26.0. The molecule has 2 aromatic heterocycles. The number of nitrogen functional groups attached to an aromatic ring is 1. The van der Waals surface area contributed by atoms with Gasteiger partial charge in [-0.2, -0.15) is 0 Å². The number of hydrogen-bond donors (Lipinski definition) is 2. The predicted octanol–water partition coefficient (Wildman–Crippen LogP) is 5.67. The summed E-state index contributed by atoms with van der Waals surface area (Å²) in [6, 6.07) is 28.1. The second-order valence-corrected chi connectivity index (χ2v) is 8.07. The quantitative estimate of drug-likeness (QED) is 0.221. The molecule has 7 nitrogen and oxygen atoms in total. The van der Waals surface area contributed by atoms with E-state index < -0.39 is 0 Å². The minimum absolute atomic E-state index is 0.192. The van der Waals surface area contributed by atoms with Crippen LogP contribution < -0.4 is 15.8 Å². The number of nitrogens with zero attached hydrogens (tertiary/aromatic N) is 3. The highest BCUT2D eigenvalue weighted by molar-refractivity contribution is 6.12. The summed E-state index contributed by atoms with van der Waals surface area (Å²) in [5, 5.41) is 3.23. The second-order valence-electron chi connectivity index (χ2n) is 8.07. The SMILES string of the molecule is Nc1ccc(-c2ccnc(Nc3cccc(OCc4ccccc4)c3)n2)cc1C(=O)c1cccnc1. The number of pyridine rings is 1. The molecule has 0 saturated carbocycles. The molecule has 0 radical (unpaired) electrons. The molecule has 0 spiro atoms. The van der Waals surface area contributed by atoms with Crippen LogP contribution in [-0.4, -0.2) is 20.7 Å². The molecule has 0 aliphatic heterocycles. The summed E-state index contributed by atoms with van der Waals surface area (Å²) in [5.41, 5.74) is 10.7. The van der Waals surface area contributed by atoms with E-state index in [-0.39, 0.29) is 5.78 Å². The van der Waals surface area contributed by atoms with Crippen molar-refractivity contribution >= 4 is 23.1 Å². The third kappa shape index (κ3) is 5.37. The van der Waals surface area contributed by atoms with Crippen molar-refractivity contribution in [3.63, 3.8) is 0 Å². The lowest BCUT2D eigenvalue weighted by Crippen LogP contribution is -2.06. The first-order chi connectivity index (χ1) is 17.7. The summed E-state index contributed by atoms with van der Waals surface area (Å²) < 4.78 is 5.92. The zero-order valence-corrected chi connectivity index (χ0v) is 19.3. The molecule has 0 saturated heterocycles. The van der Waals surface area contributed by atoms with Gasteiger partial charge in [0.25, 0.3) is 0 Å². The average molecular weight is 474 g/mol. The zero-order chi connectivity index (χ0) is 24.7. The molecule has 176 valence electrons. The Hall–Kier alpha value is -5.04. The van der Waals surface area contributed by atoms with Gasteiger partial charge in [0.1, 0.15) is 12.4 Å². The van der Waals surface area contributed by atoms with Gasteiger partial charge in [-0.15, -0.1) is 0 Å². The Balaban J connectivity index is 1.34. The van der Waals surface area contributed by atoms with Crippen molar-refractivity contribution in [2.24, 2.45) is 0 Å². The van der Waals surface area contributed by atoms with E-state index >= 15 is 0 Å². The fraction of sp³-hybridized carbons (Fsp3) is 0.0345. The first-order valence-electron chi connectivity index (χ1n) is 11.4. The van der Waals surface area contributed by atoms with Gasteiger partial charge < -0.3 is 15.8 Å². The highest BCUT2D eigenvalue weighted by Crippen LogP contribution is 2.26. The molecule has 5 aromatic rings. The van der Waals surface area contributed by atoms with Crippen LogP contribution in [0.15, 0.2) is 110 Å². The number of aromatic nitrogens is 3. The Labute approximate surface area is 208 Å². The van der Waals surface area contributed by atoms with Crippen molar-refractivity contribution in [2.75, 3.05) is 11.1 Å². The van der Waals surface area contributed by atoms with E-state index in [0.717, 1.165) is 22.6 Å². The van der Waals surface area contributed by atoms with Crippen LogP contribution in [0.1, 0.15) is 21.5 Å².